The van der Waals surface area contributed by atoms with Gasteiger partial charge in [-0.05, 0) is 37.0 Å². The van der Waals surface area contributed by atoms with Crippen LogP contribution in [0.25, 0.3) is 0 Å². The molecule has 1 aromatic rings. The summed E-state index contributed by atoms with van der Waals surface area (Å²) in [5, 5.41) is 10.2. The van der Waals surface area contributed by atoms with Crippen LogP contribution in [-0.2, 0) is 16.0 Å². The molecule has 2 heterocycles. The Morgan fingerprint density at radius 3 is 2.57 bits per heavy atom. The molecule has 2 atom stereocenters. The van der Waals surface area contributed by atoms with E-state index >= 15 is 0 Å². The minimum absolute atomic E-state index is 0.0139. The summed E-state index contributed by atoms with van der Waals surface area (Å²) in [6.45, 7) is 0.751. The summed E-state index contributed by atoms with van der Waals surface area (Å²) >= 11 is 0. The number of aliphatic hydroxyl groups excluding tert-OH is 1. The van der Waals surface area contributed by atoms with Crippen molar-refractivity contribution in [1.29, 1.82) is 0 Å². The summed E-state index contributed by atoms with van der Waals surface area (Å²) in [6.07, 6.45) is 4.62. The van der Waals surface area contributed by atoms with Gasteiger partial charge in [0.15, 0.2) is 0 Å². The highest BCUT2D eigenvalue weighted by atomic mass is 16.3. The summed E-state index contributed by atoms with van der Waals surface area (Å²) in [7, 11) is 0. The fourth-order valence-electron chi connectivity index (χ4n) is 3.04. The third kappa shape index (κ3) is 2.51. The van der Waals surface area contributed by atoms with Gasteiger partial charge in [-0.25, -0.2) is 0 Å². The molecule has 1 aliphatic carbocycles. The highest BCUT2D eigenvalue weighted by molar-refractivity contribution is 6.07. The lowest BCUT2D eigenvalue weighted by Gasteiger charge is -2.20. The predicted molar refractivity (Wildman–Crippen MR) is 74.9 cm³/mol. The molecule has 2 amide bonds. The van der Waals surface area contributed by atoms with Crippen LogP contribution in [0.4, 0.5) is 0 Å². The molecule has 3 rings (SSSR count). The topological polar surface area (TPSA) is 96.5 Å². The first kappa shape index (κ1) is 14.0. The van der Waals surface area contributed by atoms with E-state index in [1.807, 2.05) is 12.1 Å². The second kappa shape index (κ2) is 5.11. The Bertz CT molecular complexity index is 557. The van der Waals surface area contributed by atoms with Crippen LogP contribution >= 0.6 is 0 Å². The predicted octanol–water partition coefficient (Wildman–Crippen LogP) is -0.291. The summed E-state index contributed by atoms with van der Waals surface area (Å²) < 4.78 is 0. The minimum Gasteiger partial charge on any atom is -0.391 e. The normalized spacial score (nSPS) is 26.6. The van der Waals surface area contributed by atoms with E-state index in [1.54, 1.807) is 17.3 Å². The lowest BCUT2D eigenvalue weighted by molar-refractivity contribution is -0.142. The molecule has 1 saturated carbocycles. The van der Waals surface area contributed by atoms with Crippen LogP contribution in [0, 0.1) is 11.3 Å². The van der Waals surface area contributed by atoms with Crippen molar-refractivity contribution >= 4 is 11.8 Å². The van der Waals surface area contributed by atoms with Crippen LogP contribution in [0.15, 0.2) is 24.5 Å². The Hall–Kier alpha value is -1.95. The zero-order valence-corrected chi connectivity index (χ0v) is 11.7. The number of rotatable bonds is 4. The van der Waals surface area contributed by atoms with E-state index in [2.05, 4.69) is 4.98 Å². The van der Waals surface area contributed by atoms with Gasteiger partial charge in [0.05, 0.1) is 6.10 Å². The van der Waals surface area contributed by atoms with Gasteiger partial charge in [0.1, 0.15) is 5.41 Å². The second-order valence-electron chi connectivity index (χ2n) is 6.04. The molecule has 0 aromatic carbocycles. The smallest absolute Gasteiger partial charge is 0.238 e. The molecule has 0 radical (unpaired) electrons. The summed E-state index contributed by atoms with van der Waals surface area (Å²) in [5.41, 5.74) is 5.43. The molecule has 1 aromatic heterocycles. The van der Waals surface area contributed by atoms with E-state index in [0.717, 1.165) is 5.56 Å². The number of pyridine rings is 1. The zero-order chi connectivity index (χ0) is 15.0. The van der Waals surface area contributed by atoms with Crippen LogP contribution in [-0.4, -0.2) is 46.0 Å². The number of amides is 2. The Labute approximate surface area is 123 Å². The highest BCUT2D eigenvalue weighted by Gasteiger charge is 2.58. The molecule has 21 heavy (non-hydrogen) atoms. The van der Waals surface area contributed by atoms with Crippen molar-refractivity contribution < 1.29 is 14.7 Å². The number of carbonyl (C=O) groups excluding carboxylic acids is 2. The van der Waals surface area contributed by atoms with Gasteiger partial charge in [-0.2, -0.15) is 0 Å². The van der Waals surface area contributed by atoms with Crippen molar-refractivity contribution in [2.24, 2.45) is 17.1 Å². The van der Waals surface area contributed by atoms with Crippen LogP contribution < -0.4 is 5.73 Å². The molecule has 6 heteroatoms. The third-order valence-electron chi connectivity index (χ3n) is 4.57. The number of β-amino-alcohol motifs (C(OH)–C–C–N with tert-alkyl or cyclic N) is 1. The second-order valence-corrected chi connectivity index (χ2v) is 6.04. The number of likely N-dealkylation sites (tertiary alicyclic amines) is 1. The van der Waals surface area contributed by atoms with E-state index in [0.29, 0.717) is 25.8 Å². The Morgan fingerprint density at radius 2 is 2.00 bits per heavy atom. The maximum Gasteiger partial charge on any atom is 0.238 e. The zero-order valence-electron chi connectivity index (χ0n) is 11.7. The highest BCUT2D eigenvalue weighted by Crippen LogP contribution is 2.47. The van der Waals surface area contributed by atoms with Gasteiger partial charge < -0.3 is 15.7 Å². The number of nitrogens with two attached hydrogens (primary N) is 1. The number of primary amides is 1. The van der Waals surface area contributed by atoms with E-state index in [1.165, 1.54) is 0 Å². The first-order chi connectivity index (χ1) is 10.0. The molecule has 112 valence electrons. The van der Waals surface area contributed by atoms with Crippen molar-refractivity contribution in [3.8, 4) is 0 Å². The number of aliphatic hydroxyl groups is 1. The monoisotopic (exact) mass is 289 g/mol. The van der Waals surface area contributed by atoms with Gasteiger partial charge in [-0.1, -0.05) is 0 Å². The van der Waals surface area contributed by atoms with Gasteiger partial charge >= 0.3 is 0 Å². The minimum atomic E-state index is -0.995. The third-order valence-corrected chi connectivity index (χ3v) is 4.57. The number of hydrogen-bond acceptors (Lipinski definition) is 4. The van der Waals surface area contributed by atoms with Crippen LogP contribution in [0.5, 0.6) is 0 Å². The van der Waals surface area contributed by atoms with Crippen molar-refractivity contribution in [1.82, 2.24) is 9.88 Å². The largest absolute Gasteiger partial charge is 0.391 e. The number of hydrogen-bond donors (Lipinski definition) is 2. The SMILES string of the molecule is NC(=O)C1(C(=O)N2C[C@@H](Cc3ccncc3)[C@@H](O)C2)CC1. The Balaban J connectivity index is 1.66. The maximum absolute atomic E-state index is 12.4. The molecule has 1 saturated heterocycles. The van der Waals surface area contributed by atoms with Gasteiger partial charge in [0.2, 0.25) is 11.8 Å². The fraction of sp³-hybridized carbons (Fsp3) is 0.533. The summed E-state index contributed by atoms with van der Waals surface area (Å²) in [4.78, 5) is 29.4. The van der Waals surface area contributed by atoms with Crippen molar-refractivity contribution in [2.45, 2.75) is 25.4 Å². The molecule has 0 spiro atoms. The van der Waals surface area contributed by atoms with E-state index in [9.17, 15) is 14.7 Å². The maximum atomic E-state index is 12.4. The van der Waals surface area contributed by atoms with Crippen LogP contribution in [0.3, 0.4) is 0 Å². The summed E-state index contributed by atoms with van der Waals surface area (Å²) in [6, 6.07) is 3.81. The Kier molecular flexibility index (Phi) is 3.41. The molecular weight excluding hydrogens is 270 g/mol. The molecule has 2 fully saturated rings. The van der Waals surface area contributed by atoms with E-state index in [4.69, 9.17) is 5.73 Å². The first-order valence-electron chi connectivity index (χ1n) is 7.19. The molecular formula is C15H19N3O3. The number of aromatic nitrogens is 1. The quantitative estimate of drug-likeness (QED) is 0.744. The van der Waals surface area contributed by atoms with Crippen molar-refractivity contribution in [2.75, 3.05) is 13.1 Å². The van der Waals surface area contributed by atoms with Gasteiger partial charge in [-0.15, -0.1) is 0 Å². The first-order valence-corrected chi connectivity index (χ1v) is 7.19. The molecule has 1 aliphatic heterocycles. The molecule has 0 unspecified atom stereocenters. The standard InChI is InChI=1S/C15H19N3O3/c16-13(20)15(3-4-15)14(21)18-8-11(12(19)9-18)7-10-1-5-17-6-2-10/h1-2,5-6,11-12,19H,3-4,7-9H2,(H2,16,20)/t11-,12+/m1/s1. The number of carbonyl (C=O) groups is 2. The van der Waals surface area contributed by atoms with Crippen molar-refractivity contribution in [3.63, 3.8) is 0 Å². The van der Waals surface area contributed by atoms with Crippen LogP contribution in [0.1, 0.15) is 18.4 Å². The average molecular weight is 289 g/mol. The number of nitrogens with zero attached hydrogens (tertiary/aromatic N) is 2. The average Bonchev–Trinajstić information content (AvgIpc) is 3.21. The molecule has 0 bridgehead atoms. The molecule has 2 aliphatic rings. The van der Waals surface area contributed by atoms with Gasteiger partial charge in [0, 0.05) is 31.4 Å². The molecule has 3 N–H and O–H groups in total. The lowest BCUT2D eigenvalue weighted by atomic mass is 9.97. The van der Waals surface area contributed by atoms with Crippen molar-refractivity contribution in [3.05, 3.63) is 30.1 Å². The fourth-order valence-corrected chi connectivity index (χ4v) is 3.04. The lowest BCUT2D eigenvalue weighted by Crippen LogP contribution is -2.42. The van der Waals surface area contributed by atoms with Gasteiger partial charge in [0.25, 0.3) is 0 Å². The van der Waals surface area contributed by atoms with E-state index < -0.39 is 17.4 Å². The van der Waals surface area contributed by atoms with Crippen LogP contribution in [0.2, 0.25) is 0 Å². The van der Waals surface area contributed by atoms with Gasteiger partial charge in [-0.3, -0.25) is 14.6 Å². The Morgan fingerprint density at radius 1 is 1.33 bits per heavy atom. The summed E-state index contributed by atoms with van der Waals surface area (Å²) in [5.74, 6) is -0.772. The molecule has 6 nitrogen and oxygen atoms in total. The van der Waals surface area contributed by atoms with E-state index in [-0.39, 0.29) is 18.4 Å².